The first-order valence-electron chi connectivity index (χ1n) is 3.86. The lowest BCUT2D eigenvalue weighted by Crippen LogP contribution is -2.05. The number of aromatic nitrogens is 2. The van der Waals surface area contributed by atoms with E-state index in [1.54, 1.807) is 0 Å². The van der Waals surface area contributed by atoms with Crippen molar-refractivity contribution < 1.29 is 0 Å². The Morgan fingerprint density at radius 2 is 2.36 bits per heavy atom. The third-order valence-corrected chi connectivity index (χ3v) is 2.41. The van der Waals surface area contributed by atoms with Crippen molar-refractivity contribution in [1.29, 1.82) is 0 Å². The van der Waals surface area contributed by atoms with Crippen LogP contribution in [0, 0.1) is 6.92 Å². The zero-order valence-corrected chi connectivity index (χ0v) is 8.72. The highest BCUT2D eigenvalue weighted by molar-refractivity contribution is 9.10. The molecule has 0 amide bonds. The van der Waals surface area contributed by atoms with Crippen molar-refractivity contribution in [2.24, 2.45) is 0 Å². The van der Waals surface area contributed by atoms with Crippen LogP contribution in [0.4, 0.5) is 0 Å². The van der Waals surface area contributed by atoms with Crippen LogP contribution in [0.15, 0.2) is 10.7 Å². The Balaban J connectivity index is 2.93. The molecule has 0 aliphatic heterocycles. The van der Waals surface area contributed by atoms with E-state index in [0.717, 1.165) is 16.7 Å². The van der Waals surface area contributed by atoms with Crippen molar-refractivity contribution in [2.45, 2.75) is 33.2 Å². The van der Waals surface area contributed by atoms with Crippen LogP contribution in [-0.2, 0) is 0 Å². The predicted octanol–water partition coefficient (Wildman–Crippen LogP) is 2.93. The number of rotatable bonds is 2. The van der Waals surface area contributed by atoms with Crippen molar-refractivity contribution in [3.63, 3.8) is 0 Å². The molecule has 0 saturated heterocycles. The summed E-state index contributed by atoms with van der Waals surface area (Å²) in [6.07, 6.45) is 1.11. The van der Waals surface area contributed by atoms with Gasteiger partial charge in [0.05, 0.1) is 11.7 Å². The molecule has 0 aliphatic carbocycles. The van der Waals surface area contributed by atoms with Crippen LogP contribution in [0.1, 0.15) is 32.0 Å². The van der Waals surface area contributed by atoms with Crippen molar-refractivity contribution in [2.75, 3.05) is 0 Å². The molecule has 3 heteroatoms. The van der Waals surface area contributed by atoms with E-state index in [2.05, 4.69) is 34.9 Å². The van der Waals surface area contributed by atoms with Gasteiger partial charge in [0.2, 0.25) is 0 Å². The molecule has 0 bridgehead atoms. The summed E-state index contributed by atoms with van der Waals surface area (Å²) in [6, 6.07) is 2.52. The van der Waals surface area contributed by atoms with Gasteiger partial charge in [-0.25, -0.2) is 0 Å². The van der Waals surface area contributed by atoms with Gasteiger partial charge in [0.25, 0.3) is 0 Å². The van der Waals surface area contributed by atoms with Crippen LogP contribution in [-0.4, -0.2) is 9.78 Å². The maximum absolute atomic E-state index is 4.35. The summed E-state index contributed by atoms with van der Waals surface area (Å²) >= 11 is 3.46. The quantitative estimate of drug-likeness (QED) is 0.744. The van der Waals surface area contributed by atoms with E-state index >= 15 is 0 Å². The van der Waals surface area contributed by atoms with E-state index in [1.165, 1.54) is 0 Å². The number of hydrogen-bond donors (Lipinski definition) is 0. The number of hydrogen-bond acceptors (Lipinski definition) is 1. The van der Waals surface area contributed by atoms with Crippen molar-refractivity contribution in [1.82, 2.24) is 9.78 Å². The van der Waals surface area contributed by atoms with Crippen molar-refractivity contribution >= 4 is 15.9 Å². The smallest absolute Gasteiger partial charge is 0.104 e. The Kier molecular flexibility index (Phi) is 2.71. The lowest BCUT2D eigenvalue weighted by Gasteiger charge is -2.09. The van der Waals surface area contributed by atoms with Gasteiger partial charge in [0.15, 0.2) is 0 Å². The summed E-state index contributed by atoms with van der Waals surface area (Å²) < 4.78 is 3.08. The Bertz CT molecular complexity index is 242. The highest BCUT2D eigenvalue weighted by atomic mass is 79.9. The molecule has 2 nitrogen and oxygen atoms in total. The van der Waals surface area contributed by atoms with Crippen molar-refractivity contribution in [3.05, 3.63) is 16.4 Å². The van der Waals surface area contributed by atoms with Gasteiger partial charge >= 0.3 is 0 Å². The Labute approximate surface area is 75.7 Å². The van der Waals surface area contributed by atoms with Gasteiger partial charge < -0.3 is 0 Å². The molecular weight excluding hydrogens is 204 g/mol. The molecule has 1 aromatic rings. The largest absolute Gasteiger partial charge is 0.255 e. The zero-order valence-electron chi connectivity index (χ0n) is 7.13. The first-order valence-corrected chi connectivity index (χ1v) is 4.66. The van der Waals surface area contributed by atoms with E-state index in [0.29, 0.717) is 6.04 Å². The molecule has 62 valence electrons. The normalized spacial score (nSPS) is 13.5. The summed E-state index contributed by atoms with van der Waals surface area (Å²) in [6.45, 7) is 6.33. The van der Waals surface area contributed by atoms with Gasteiger partial charge in [-0.1, -0.05) is 6.92 Å². The summed E-state index contributed by atoms with van der Waals surface area (Å²) in [5.74, 6) is 0. The second kappa shape index (κ2) is 3.39. The molecular formula is C8H13BrN2. The third-order valence-electron chi connectivity index (χ3n) is 1.82. The molecule has 0 spiro atoms. The Morgan fingerprint density at radius 1 is 1.73 bits per heavy atom. The van der Waals surface area contributed by atoms with Crippen LogP contribution in [0.25, 0.3) is 0 Å². The van der Waals surface area contributed by atoms with E-state index in [4.69, 9.17) is 0 Å². The summed E-state index contributed by atoms with van der Waals surface area (Å²) in [5, 5.41) is 4.35. The van der Waals surface area contributed by atoms with Crippen LogP contribution >= 0.6 is 15.9 Å². The molecule has 1 rings (SSSR count). The van der Waals surface area contributed by atoms with Crippen LogP contribution in [0.3, 0.4) is 0 Å². The lowest BCUT2D eigenvalue weighted by atomic mass is 10.3. The van der Waals surface area contributed by atoms with Crippen LogP contribution in [0.2, 0.25) is 0 Å². The monoisotopic (exact) mass is 216 g/mol. The van der Waals surface area contributed by atoms with E-state index in [1.807, 2.05) is 17.7 Å². The molecule has 0 aromatic carbocycles. The van der Waals surface area contributed by atoms with Crippen LogP contribution in [0.5, 0.6) is 0 Å². The number of halogens is 1. The number of aryl methyl sites for hydroxylation is 1. The van der Waals surface area contributed by atoms with Gasteiger partial charge in [0.1, 0.15) is 4.60 Å². The van der Waals surface area contributed by atoms with Gasteiger partial charge in [0, 0.05) is 0 Å². The van der Waals surface area contributed by atoms with Gasteiger partial charge in [-0.3, -0.25) is 4.68 Å². The lowest BCUT2D eigenvalue weighted by molar-refractivity contribution is 0.467. The molecule has 1 atom stereocenters. The zero-order chi connectivity index (χ0) is 8.43. The van der Waals surface area contributed by atoms with Gasteiger partial charge in [-0.15, -0.1) is 0 Å². The van der Waals surface area contributed by atoms with Crippen molar-refractivity contribution in [3.8, 4) is 0 Å². The minimum Gasteiger partial charge on any atom is -0.255 e. The van der Waals surface area contributed by atoms with Crippen LogP contribution < -0.4 is 0 Å². The molecule has 1 heterocycles. The standard InChI is InChI=1S/C8H13BrN2/c1-4-7(3)11-8(9)5-6(2)10-11/h5,7H,4H2,1-3H3. The molecule has 0 radical (unpaired) electrons. The topological polar surface area (TPSA) is 17.8 Å². The molecule has 0 saturated carbocycles. The highest BCUT2D eigenvalue weighted by Gasteiger charge is 2.06. The molecule has 11 heavy (non-hydrogen) atoms. The minimum absolute atomic E-state index is 0.484. The maximum atomic E-state index is 4.35. The first kappa shape index (κ1) is 8.78. The summed E-state index contributed by atoms with van der Waals surface area (Å²) in [5.41, 5.74) is 1.07. The van der Waals surface area contributed by atoms with E-state index in [9.17, 15) is 0 Å². The average molecular weight is 217 g/mol. The Hall–Kier alpha value is -0.310. The van der Waals surface area contributed by atoms with Gasteiger partial charge in [-0.05, 0) is 42.3 Å². The molecule has 0 fully saturated rings. The second-order valence-corrected chi connectivity index (χ2v) is 3.62. The number of nitrogens with zero attached hydrogens (tertiary/aromatic N) is 2. The SMILES string of the molecule is CCC(C)n1nc(C)cc1Br. The third kappa shape index (κ3) is 1.83. The molecule has 0 aliphatic rings. The maximum Gasteiger partial charge on any atom is 0.104 e. The van der Waals surface area contributed by atoms with E-state index < -0.39 is 0 Å². The molecule has 1 aromatic heterocycles. The average Bonchev–Trinajstić information content (AvgIpc) is 2.28. The second-order valence-electron chi connectivity index (χ2n) is 2.81. The Morgan fingerprint density at radius 3 is 2.73 bits per heavy atom. The fourth-order valence-corrected chi connectivity index (χ4v) is 1.73. The fourth-order valence-electron chi connectivity index (χ4n) is 0.967. The predicted molar refractivity (Wildman–Crippen MR) is 49.7 cm³/mol. The highest BCUT2D eigenvalue weighted by Crippen LogP contribution is 2.18. The molecule has 0 N–H and O–H groups in total. The van der Waals surface area contributed by atoms with E-state index in [-0.39, 0.29) is 0 Å². The minimum atomic E-state index is 0.484. The summed E-state index contributed by atoms with van der Waals surface area (Å²) in [4.78, 5) is 0. The first-order chi connectivity index (χ1) is 5.15. The fraction of sp³-hybridized carbons (Fsp3) is 0.625. The molecule has 1 unspecified atom stereocenters. The van der Waals surface area contributed by atoms with Gasteiger partial charge in [-0.2, -0.15) is 5.10 Å². The summed E-state index contributed by atoms with van der Waals surface area (Å²) in [7, 11) is 0.